The minimum Gasteiger partial charge on any atom is -0.481 e. The molecule has 1 aliphatic rings. The Morgan fingerprint density at radius 1 is 1.39 bits per heavy atom. The molecule has 3 N–H and O–H groups in total. The van der Waals surface area contributed by atoms with Crippen molar-refractivity contribution in [3.63, 3.8) is 0 Å². The van der Waals surface area contributed by atoms with Gasteiger partial charge >= 0.3 is 12.0 Å². The maximum absolute atomic E-state index is 11.7. The highest BCUT2D eigenvalue weighted by Gasteiger charge is 2.24. The number of urea groups is 1. The average molecular weight is 292 g/mol. The fourth-order valence-corrected chi connectivity index (χ4v) is 4.25. The van der Waals surface area contributed by atoms with E-state index in [9.17, 15) is 9.59 Å². The molecule has 0 spiro atoms. The molecule has 0 aromatic carbocycles. The van der Waals surface area contributed by atoms with Crippen LogP contribution in [0.3, 0.4) is 0 Å². The molecule has 1 unspecified atom stereocenters. The lowest BCUT2D eigenvalue weighted by molar-refractivity contribution is -0.138. The van der Waals surface area contributed by atoms with Gasteiger partial charge in [0.25, 0.3) is 0 Å². The van der Waals surface area contributed by atoms with Crippen molar-refractivity contribution in [1.29, 1.82) is 0 Å². The molecule has 7 heteroatoms. The Hall–Kier alpha value is -0.560. The van der Waals surface area contributed by atoms with Crippen LogP contribution in [-0.2, 0) is 4.79 Å². The lowest BCUT2D eigenvalue weighted by atomic mass is 10.0. The van der Waals surface area contributed by atoms with Gasteiger partial charge in [0.2, 0.25) is 0 Å². The van der Waals surface area contributed by atoms with Crippen LogP contribution < -0.4 is 10.6 Å². The number of hydrogen-bond donors (Lipinski definition) is 3. The third kappa shape index (κ3) is 6.39. The number of carboxylic acid groups (broad SMARTS) is 1. The lowest BCUT2D eigenvalue weighted by Gasteiger charge is -2.26. The summed E-state index contributed by atoms with van der Waals surface area (Å²) in [6.45, 7) is 4.03. The highest BCUT2D eigenvalue weighted by Crippen LogP contribution is 2.23. The van der Waals surface area contributed by atoms with E-state index in [1.807, 2.05) is 23.5 Å². The van der Waals surface area contributed by atoms with Crippen LogP contribution in [0.5, 0.6) is 0 Å². The molecular formula is C11H20N2O3S2. The van der Waals surface area contributed by atoms with Crippen molar-refractivity contribution in [2.75, 3.05) is 23.8 Å². The van der Waals surface area contributed by atoms with E-state index in [0.717, 1.165) is 11.5 Å². The number of hydrogen-bond acceptors (Lipinski definition) is 4. The summed E-state index contributed by atoms with van der Waals surface area (Å²) < 4.78 is 0. The Labute approximate surface area is 116 Å². The highest BCUT2D eigenvalue weighted by molar-refractivity contribution is 8.06. The number of amides is 2. The molecule has 0 aromatic rings. The van der Waals surface area contributed by atoms with E-state index in [4.69, 9.17) is 5.11 Å². The van der Waals surface area contributed by atoms with E-state index in [-0.39, 0.29) is 12.5 Å². The Morgan fingerprint density at radius 2 is 2.11 bits per heavy atom. The molecule has 0 radical (unpaired) electrons. The van der Waals surface area contributed by atoms with Gasteiger partial charge in [0.1, 0.15) is 0 Å². The predicted octanol–water partition coefficient (Wildman–Crippen LogP) is 1.39. The van der Waals surface area contributed by atoms with Crippen molar-refractivity contribution in [3.05, 3.63) is 0 Å². The normalized spacial score (nSPS) is 20.2. The lowest BCUT2D eigenvalue weighted by Crippen LogP contribution is -2.50. The van der Waals surface area contributed by atoms with E-state index in [1.165, 1.54) is 5.75 Å². The molecule has 1 rings (SSSR count). The minimum atomic E-state index is -0.917. The van der Waals surface area contributed by atoms with Crippen LogP contribution in [0.1, 0.15) is 20.3 Å². The summed E-state index contributed by atoms with van der Waals surface area (Å²) in [5, 5.41) is 14.7. The molecule has 5 nitrogen and oxygen atoms in total. The number of carbonyl (C=O) groups excluding carboxylic acids is 1. The molecular weight excluding hydrogens is 272 g/mol. The standard InChI is InChI=1S/C11H20N2O3S2/c1-11(2,5-9(14)15)13-10(16)12-6-8-7-17-3-4-18-8/h8H,3-7H2,1-2H3,(H,14,15)(H2,12,13,16). The second-order valence-corrected chi connectivity index (χ2v) is 7.42. The van der Waals surface area contributed by atoms with Crippen LogP contribution in [-0.4, -0.2) is 51.7 Å². The number of carbonyl (C=O) groups is 2. The first-order valence-electron chi connectivity index (χ1n) is 5.86. The Bertz CT molecular complexity index is 305. The van der Waals surface area contributed by atoms with Crippen molar-refractivity contribution in [2.24, 2.45) is 0 Å². The fraction of sp³-hybridized carbons (Fsp3) is 0.818. The van der Waals surface area contributed by atoms with Gasteiger partial charge in [-0.15, -0.1) is 0 Å². The summed E-state index contributed by atoms with van der Waals surface area (Å²) in [6.07, 6.45) is -0.0888. The van der Waals surface area contributed by atoms with Crippen molar-refractivity contribution in [3.8, 4) is 0 Å². The van der Waals surface area contributed by atoms with Gasteiger partial charge in [0.05, 0.1) is 6.42 Å². The van der Waals surface area contributed by atoms with Crippen molar-refractivity contribution in [1.82, 2.24) is 10.6 Å². The zero-order valence-corrected chi connectivity index (χ0v) is 12.3. The van der Waals surface area contributed by atoms with Crippen LogP contribution in [0.4, 0.5) is 4.79 Å². The molecule has 0 saturated carbocycles. The monoisotopic (exact) mass is 292 g/mol. The smallest absolute Gasteiger partial charge is 0.315 e. The molecule has 1 fully saturated rings. The first kappa shape index (κ1) is 15.5. The molecule has 1 saturated heterocycles. The molecule has 1 aliphatic heterocycles. The third-order valence-electron chi connectivity index (χ3n) is 2.42. The van der Waals surface area contributed by atoms with Gasteiger partial charge < -0.3 is 15.7 Å². The Morgan fingerprint density at radius 3 is 2.67 bits per heavy atom. The summed E-state index contributed by atoms with van der Waals surface area (Å²) in [4.78, 5) is 22.3. The summed E-state index contributed by atoms with van der Waals surface area (Å²) in [7, 11) is 0. The summed E-state index contributed by atoms with van der Waals surface area (Å²) in [6, 6.07) is -0.294. The molecule has 1 heterocycles. The Kier molecular flexibility index (Phi) is 6.14. The maximum Gasteiger partial charge on any atom is 0.315 e. The van der Waals surface area contributed by atoms with Crippen molar-refractivity contribution in [2.45, 2.75) is 31.1 Å². The number of aliphatic carboxylic acids is 1. The molecule has 0 bridgehead atoms. The van der Waals surface area contributed by atoms with Gasteiger partial charge in [-0.1, -0.05) is 0 Å². The van der Waals surface area contributed by atoms with Crippen LogP contribution in [0, 0.1) is 0 Å². The van der Waals surface area contributed by atoms with Gasteiger partial charge in [-0.25, -0.2) is 4.79 Å². The molecule has 18 heavy (non-hydrogen) atoms. The zero-order chi connectivity index (χ0) is 13.6. The quantitative estimate of drug-likeness (QED) is 0.713. The van der Waals surface area contributed by atoms with E-state index in [1.54, 1.807) is 13.8 Å². The van der Waals surface area contributed by atoms with E-state index in [0.29, 0.717) is 11.8 Å². The van der Waals surface area contributed by atoms with E-state index < -0.39 is 11.5 Å². The van der Waals surface area contributed by atoms with Gasteiger partial charge in [-0.3, -0.25) is 4.79 Å². The van der Waals surface area contributed by atoms with E-state index in [2.05, 4.69) is 10.6 Å². The van der Waals surface area contributed by atoms with Gasteiger partial charge in [0, 0.05) is 34.6 Å². The number of nitrogens with one attached hydrogen (secondary N) is 2. The summed E-state index contributed by atoms with van der Waals surface area (Å²) in [5.74, 6) is 2.45. The SMILES string of the molecule is CC(C)(CC(=O)O)NC(=O)NCC1CSCCS1. The molecule has 2 amide bonds. The largest absolute Gasteiger partial charge is 0.481 e. The molecule has 0 aromatic heterocycles. The van der Waals surface area contributed by atoms with Crippen LogP contribution in [0.2, 0.25) is 0 Å². The fourth-order valence-electron chi connectivity index (χ4n) is 1.63. The first-order chi connectivity index (χ1) is 8.39. The number of thioether (sulfide) groups is 2. The molecule has 104 valence electrons. The van der Waals surface area contributed by atoms with Gasteiger partial charge in [-0.2, -0.15) is 23.5 Å². The number of rotatable bonds is 5. The maximum atomic E-state index is 11.7. The summed E-state index contributed by atoms with van der Waals surface area (Å²) in [5.41, 5.74) is -0.732. The minimum absolute atomic E-state index is 0.0888. The van der Waals surface area contributed by atoms with Crippen LogP contribution >= 0.6 is 23.5 Å². The van der Waals surface area contributed by atoms with Crippen molar-refractivity contribution >= 4 is 35.5 Å². The Balaban J connectivity index is 2.25. The second-order valence-electron chi connectivity index (χ2n) is 4.86. The number of carboxylic acids is 1. The first-order valence-corrected chi connectivity index (χ1v) is 8.06. The average Bonchev–Trinajstić information content (AvgIpc) is 2.25. The molecule has 1 atom stereocenters. The van der Waals surface area contributed by atoms with E-state index >= 15 is 0 Å². The summed E-state index contributed by atoms with van der Waals surface area (Å²) >= 11 is 3.78. The van der Waals surface area contributed by atoms with Gasteiger partial charge in [0.15, 0.2) is 0 Å². The second kappa shape index (κ2) is 7.13. The van der Waals surface area contributed by atoms with Crippen molar-refractivity contribution < 1.29 is 14.7 Å². The van der Waals surface area contributed by atoms with Crippen LogP contribution in [0.25, 0.3) is 0 Å². The van der Waals surface area contributed by atoms with Gasteiger partial charge in [-0.05, 0) is 13.8 Å². The van der Waals surface area contributed by atoms with Crippen LogP contribution in [0.15, 0.2) is 0 Å². The molecule has 0 aliphatic carbocycles. The zero-order valence-electron chi connectivity index (χ0n) is 10.7. The third-order valence-corrected chi connectivity index (χ3v) is 5.27. The predicted molar refractivity (Wildman–Crippen MR) is 76.4 cm³/mol. The topological polar surface area (TPSA) is 78.4 Å². The highest BCUT2D eigenvalue weighted by atomic mass is 32.2.